The summed E-state index contributed by atoms with van der Waals surface area (Å²) in [5, 5.41) is 0. The monoisotopic (exact) mass is 484 g/mol. The third kappa shape index (κ3) is 7.95. The molecular formula is C17H15F6NOSb-. The van der Waals surface area contributed by atoms with Crippen LogP contribution in [0.4, 0.5) is 22.6 Å². The molecule has 0 aliphatic carbocycles. The Bertz CT molecular complexity index is 807. The molecule has 0 atom stereocenters. The van der Waals surface area contributed by atoms with Crippen molar-refractivity contribution in [2.24, 2.45) is 0 Å². The minimum atomic E-state index is -11.2. The van der Waals surface area contributed by atoms with Crippen LogP contribution in [0.25, 0.3) is 6.08 Å². The number of hydrogen-bond donors (Lipinski definition) is 0. The van der Waals surface area contributed by atoms with Gasteiger partial charge in [0.1, 0.15) is 0 Å². The number of benzene rings is 2. The van der Waals surface area contributed by atoms with E-state index in [1.54, 1.807) is 0 Å². The zero-order chi connectivity index (χ0) is 19.5. The normalized spacial score (nSPS) is 15.8. The average molecular weight is 485 g/mol. The molecule has 2 aromatic carbocycles. The van der Waals surface area contributed by atoms with Gasteiger partial charge in [-0.05, 0) is 11.6 Å². The number of halogens is 6. The Kier molecular flexibility index (Phi) is 5.21. The fraction of sp³-hybridized carbons (Fsp3) is 0.118. The molecule has 1 aliphatic heterocycles. The maximum atomic E-state index is 12.3. The summed E-state index contributed by atoms with van der Waals surface area (Å²) in [5.41, 5.74) is 3.08. The molecule has 2 nitrogen and oxygen atoms in total. The van der Waals surface area contributed by atoms with Gasteiger partial charge < -0.3 is 4.90 Å². The van der Waals surface area contributed by atoms with Gasteiger partial charge in [0.15, 0.2) is 5.78 Å². The van der Waals surface area contributed by atoms with Crippen molar-refractivity contribution >= 4 is 37.0 Å². The number of anilines is 1. The summed E-state index contributed by atoms with van der Waals surface area (Å²) in [7, 11) is 0. The van der Waals surface area contributed by atoms with Crippen molar-refractivity contribution < 1.29 is 21.7 Å². The number of fused-ring (bicyclic) bond motifs is 1. The van der Waals surface area contributed by atoms with Crippen LogP contribution in [-0.4, -0.2) is 38.3 Å². The van der Waals surface area contributed by atoms with E-state index in [9.17, 15) is 21.7 Å². The Labute approximate surface area is 148 Å². The van der Waals surface area contributed by atoms with Gasteiger partial charge in [0.05, 0.1) is 6.54 Å². The first-order chi connectivity index (χ1) is 11.8. The van der Waals surface area contributed by atoms with Crippen LogP contribution in [0.2, 0.25) is 0 Å². The number of carbonyl (C=O) groups is 1. The first-order valence-corrected chi connectivity index (χ1v) is 13.2. The van der Waals surface area contributed by atoms with Gasteiger partial charge in [-0.3, -0.25) is 4.79 Å². The van der Waals surface area contributed by atoms with E-state index < -0.39 is 19.5 Å². The molecular weight excluding hydrogens is 470 g/mol. The van der Waals surface area contributed by atoms with Crippen molar-refractivity contribution in [2.45, 2.75) is 0 Å². The van der Waals surface area contributed by atoms with E-state index in [1.807, 2.05) is 42.5 Å². The van der Waals surface area contributed by atoms with E-state index in [0.29, 0.717) is 6.54 Å². The molecule has 0 amide bonds. The molecule has 0 N–H and O–H groups in total. The summed E-state index contributed by atoms with van der Waals surface area (Å²) in [5.74, 6) is 0.158. The van der Waals surface area contributed by atoms with Crippen molar-refractivity contribution in [2.75, 3.05) is 18.0 Å². The second-order valence-electron chi connectivity index (χ2n) is 5.59. The summed E-state index contributed by atoms with van der Waals surface area (Å²) in [4.78, 5) is 14.4. The number of Topliss-reactive ketones (excluding diaryl/α,β-unsaturated/α-hetero) is 1. The van der Waals surface area contributed by atoms with Gasteiger partial charge in [-0.25, -0.2) is 0 Å². The number of nitrogens with zero attached hydrogens (tertiary/aromatic N) is 1. The number of carbonyl (C=O) groups excluding carboxylic acids is 1. The molecule has 0 bridgehead atoms. The van der Waals surface area contributed by atoms with Crippen LogP contribution >= 0.6 is 0 Å². The van der Waals surface area contributed by atoms with Crippen LogP contribution in [0.3, 0.4) is 0 Å². The third-order valence-corrected chi connectivity index (χ3v) is 3.33. The molecule has 26 heavy (non-hydrogen) atoms. The summed E-state index contributed by atoms with van der Waals surface area (Å²) in [6.07, 6.45) is 4.21. The van der Waals surface area contributed by atoms with Gasteiger partial charge in [0, 0.05) is 17.8 Å². The molecule has 1 aliphatic rings. The van der Waals surface area contributed by atoms with Crippen molar-refractivity contribution in [1.29, 1.82) is 0 Å². The fourth-order valence-electron chi connectivity index (χ4n) is 2.36. The van der Waals surface area contributed by atoms with Gasteiger partial charge in [-0.15, -0.1) is 0 Å². The molecule has 0 saturated carbocycles. The Morgan fingerprint density at radius 3 is 2.04 bits per heavy atom. The molecule has 0 radical (unpaired) electrons. The van der Waals surface area contributed by atoms with Crippen LogP contribution in [0, 0.1) is 0 Å². The molecule has 1 heterocycles. The van der Waals surface area contributed by atoms with E-state index in [1.165, 1.54) is 5.56 Å². The summed E-state index contributed by atoms with van der Waals surface area (Å²) in [6, 6.07) is 17.6. The predicted octanol–water partition coefficient (Wildman–Crippen LogP) is 5.54. The Morgan fingerprint density at radius 2 is 1.42 bits per heavy atom. The summed E-state index contributed by atoms with van der Waals surface area (Å²) < 4.78 is 59.6. The summed E-state index contributed by atoms with van der Waals surface area (Å²) in [6.45, 7) is 1.21. The first kappa shape index (κ1) is 20.4. The van der Waals surface area contributed by atoms with E-state index in [4.69, 9.17) is 0 Å². The van der Waals surface area contributed by atoms with Gasteiger partial charge in [0.2, 0.25) is 0 Å². The van der Waals surface area contributed by atoms with Gasteiger partial charge in [-0.2, -0.15) is 0 Å². The maximum absolute atomic E-state index is 12.3. The number of hydrogen-bond acceptors (Lipinski definition) is 2. The number of rotatable bonds is 3. The standard InChI is InChI=1S/C17H15NO.6FH.Sb/c19-17(15-8-2-1-3-9-15)13-18-12-6-10-14-7-4-5-11-16(14)18;;;;;;;/h1-11H,12-13H2;6*1H;/q;;;;;;;+5/p-6. The van der Waals surface area contributed by atoms with Crippen molar-refractivity contribution in [1.82, 2.24) is 0 Å². The van der Waals surface area contributed by atoms with E-state index in [-0.39, 0.29) is 5.78 Å². The molecule has 2 aromatic rings. The minimum absolute atomic E-state index is 0.158. The van der Waals surface area contributed by atoms with Crippen molar-refractivity contribution in [3.05, 3.63) is 71.8 Å². The Hall–Kier alpha value is -1.95. The predicted molar refractivity (Wildman–Crippen MR) is 90.9 cm³/mol. The molecule has 0 fully saturated rings. The molecule has 0 unspecified atom stereocenters. The average Bonchev–Trinajstić information content (AvgIpc) is 2.53. The van der Waals surface area contributed by atoms with E-state index in [0.717, 1.165) is 17.8 Å². The van der Waals surface area contributed by atoms with Crippen LogP contribution in [-0.2, 0) is 0 Å². The fourth-order valence-corrected chi connectivity index (χ4v) is 2.36. The molecule has 3 rings (SSSR count). The topological polar surface area (TPSA) is 20.3 Å². The second-order valence-corrected chi connectivity index (χ2v) is 11.1. The summed E-state index contributed by atoms with van der Waals surface area (Å²) >= 11 is -11.2. The second kappa shape index (κ2) is 6.65. The first-order valence-electron chi connectivity index (χ1n) is 7.45. The quantitative estimate of drug-likeness (QED) is 0.324. The van der Waals surface area contributed by atoms with Crippen LogP contribution < -0.4 is 4.90 Å². The molecule has 9 heteroatoms. The van der Waals surface area contributed by atoms with Crippen molar-refractivity contribution in [3.8, 4) is 0 Å². The number of ketones is 1. The van der Waals surface area contributed by atoms with Gasteiger partial charge in [0.25, 0.3) is 0 Å². The van der Waals surface area contributed by atoms with Gasteiger partial charge in [-0.1, -0.05) is 60.7 Å². The zero-order valence-electron chi connectivity index (χ0n) is 13.3. The molecule has 0 saturated heterocycles. The molecule has 0 spiro atoms. The SMILES string of the molecule is O=C(CN1CC=Cc2ccccc21)c1ccccc1.[F][Sb-]([F])([F])([F])([F])[F]. The van der Waals surface area contributed by atoms with E-state index >= 15 is 0 Å². The van der Waals surface area contributed by atoms with E-state index in [2.05, 4.69) is 29.2 Å². The number of para-hydroxylation sites is 1. The molecule has 142 valence electrons. The van der Waals surface area contributed by atoms with Crippen LogP contribution in [0.5, 0.6) is 0 Å². The van der Waals surface area contributed by atoms with Crippen molar-refractivity contribution in [3.63, 3.8) is 0 Å². The van der Waals surface area contributed by atoms with Gasteiger partial charge >= 0.3 is 36.4 Å². The third-order valence-electron chi connectivity index (χ3n) is 3.33. The molecule has 0 aromatic heterocycles. The Morgan fingerprint density at radius 1 is 0.885 bits per heavy atom. The zero-order valence-corrected chi connectivity index (χ0v) is 15.9. The van der Waals surface area contributed by atoms with Crippen LogP contribution in [0.15, 0.2) is 60.7 Å². The Balaban J connectivity index is 0.000000298. The van der Waals surface area contributed by atoms with Crippen LogP contribution in [0.1, 0.15) is 15.9 Å².